The third kappa shape index (κ3) is 2.68. The van der Waals surface area contributed by atoms with Crippen molar-refractivity contribution in [2.75, 3.05) is 0 Å². The molecule has 0 saturated heterocycles. The molecular weight excluding hydrogens is 286 g/mol. The molecule has 0 atom stereocenters. The second kappa shape index (κ2) is 4.63. The lowest BCUT2D eigenvalue weighted by Gasteiger charge is -2.05. The monoisotopic (exact) mass is 295 g/mol. The van der Waals surface area contributed by atoms with Crippen LogP contribution in [0.15, 0.2) is 41.1 Å². The molecule has 0 fully saturated rings. The number of hydrogen-bond acceptors (Lipinski definition) is 2. The summed E-state index contributed by atoms with van der Waals surface area (Å²) in [6, 6.07) is 8.40. The SMILES string of the molecule is O=C(O)c1cc(Br)n(Cc2cccc(O)c2)c1. The lowest BCUT2D eigenvalue weighted by Crippen LogP contribution is -1.99. The van der Waals surface area contributed by atoms with E-state index in [1.165, 1.54) is 0 Å². The normalized spacial score (nSPS) is 10.4. The number of phenolic OH excluding ortho intramolecular Hbond substituents is 1. The lowest BCUT2D eigenvalue weighted by molar-refractivity contribution is 0.0697. The van der Waals surface area contributed by atoms with Crippen LogP contribution in [0.1, 0.15) is 15.9 Å². The van der Waals surface area contributed by atoms with Crippen LogP contribution in [-0.2, 0) is 6.54 Å². The number of phenols is 1. The van der Waals surface area contributed by atoms with Crippen molar-refractivity contribution in [2.24, 2.45) is 0 Å². The van der Waals surface area contributed by atoms with Crippen molar-refractivity contribution >= 4 is 21.9 Å². The Morgan fingerprint density at radius 2 is 2.12 bits per heavy atom. The second-order valence-electron chi connectivity index (χ2n) is 3.65. The number of aromatic nitrogens is 1. The van der Waals surface area contributed by atoms with Gasteiger partial charge in [0.2, 0.25) is 0 Å². The van der Waals surface area contributed by atoms with Gasteiger partial charge in [-0.15, -0.1) is 0 Å². The highest BCUT2D eigenvalue weighted by atomic mass is 79.9. The number of aromatic carboxylic acids is 1. The Balaban J connectivity index is 2.27. The number of aromatic hydroxyl groups is 1. The molecule has 2 N–H and O–H groups in total. The van der Waals surface area contributed by atoms with E-state index in [-0.39, 0.29) is 11.3 Å². The molecule has 0 aliphatic carbocycles. The Hall–Kier alpha value is -1.75. The highest BCUT2D eigenvalue weighted by Gasteiger charge is 2.09. The number of carbonyl (C=O) groups is 1. The summed E-state index contributed by atoms with van der Waals surface area (Å²) >= 11 is 3.30. The molecule has 0 spiro atoms. The number of hydrogen-bond donors (Lipinski definition) is 2. The first-order valence-corrected chi connectivity index (χ1v) is 5.72. The van der Waals surface area contributed by atoms with Crippen LogP contribution in [0.4, 0.5) is 0 Å². The fraction of sp³-hybridized carbons (Fsp3) is 0.0833. The molecule has 88 valence electrons. The van der Waals surface area contributed by atoms with Crippen LogP contribution in [-0.4, -0.2) is 20.7 Å². The molecule has 1 aromatic heterocycles. The molecule has 2 aromatic rings. The summed E-state index contributed by atoms with van der Waals surface area (Å²) in [4.78, 5) is 10.8. The Kier molecular flexibility index (Phi) is 3.19. The van der Waals surface area contributed by atoms with Gasteiger partial charge >= 0.3 is 5.97 Å². The zero-order valence-electron chi connectivity index (χ0n) is 8.80. The predicted molar refractivity (Wildman–Crippen MR) is 66.3 cm³/mol. The zero-order valence-corrected chi connectivity index (χ0v) is 10.4. The summed E-state index contributed by atoms with van der Waals surface area (Å²) in [5.41, 5.74) is 1.13. The lowest BCUT2D eigenvalue weighted by atomic mass is 10.2. The number of halogens is 1. The first-order chi connectivity index (χ1) is 8.06. The van der Waals surface area contributed by atoms with Crippen LogP contribution < -0.4 is 0 Å². The van der Waals surface area contributed by atoms with E-state index in [0.29, 0.717) is 11.1 Å². The van der Waals surface area contributed by atoms with Crippen LogP contribution in [0.25, 0.3) is 0 Å². The Labute approximate surface area is 106 Å². The van der Waals surface area contributed by atoms with Gasteiger partial charge in [0.05, 0.1) is 10.2 Å². The molecule has 4 nitrogen and oxygen atoms in total. The first-order valence-electron chi connectivity index (χ1n) is 4.93. The van der Waals surface area contributed by atoms with E-state index in [1.807, 2.05) is 6.07 Å². The number of nitrogens with zero attached hydrogens (tertiary/aromatic N) is 1. The largest absolute Gasteiger partial charge is 0.508 e. The molecule has 5 heteroatoms. The fourth-order valence-electron chi connectivity index (χ4n) is 1.57. The van der Waals surface area contributed by atoms with Crippen molar-refractivity contribution in [2.45, 2.75) is 6.54 Å². The predicted octanol–water partition coefficient (Wildman–Crippen LogP) is 2.70. The van der Waals surface area contributed by atoms with Gasteiger partial charge in [0, 0.05) is 12.7 Å². The minimum atomic E-state index is -0.958. The maximum absolute atomic E-state index is 10.8. The molecule has 17 heavy (non-hydrogen) atoms. The minimum absolute atomic E-state index is 0.198. The van der Waals surface area contributed by atoms with Crippen molar-refractivity contribution in [3.05, 3.63) is 52.3 Å². The van der Waals surface area contributed by atoms with Gasteiger partial charge < -0.3 is 14.8 Å². The molecule has 0 radical (unpaired) electrons. The number of benzene rings is 1. The van der Waals surface area contributed by atoms with E-state index >= 15 is 0 Å². The summed E-state index contributed by atoms with van der Waals surface area (Å²) in [5.74, 6) is -0.760. The van der Waals surface area contributed by atoms with Crippen LogP contribution >= 0.6 is 15.9 Å². The van der Waals surface area contributed by atoms with Gasteiger partial charge in [-0.05, 0) is 39.7 Å². The molecule has 0 aliphatic heterocycles. The van der Waals surface area contributed by atoms with Gasteiger partial charge in [-0.1, -0.05) is 12.1 Å². The Morgan fingerprint density at radius 1 is 1.35 bits per heavy atom. The van der Waals surface area contributed by atoms with Crippen LogP contribution in [0.5, 0.6) is 5.75 Å². The van der Waals surface area contributed by atoms with E-state index in [9.17, 15) is 9.90 Å². The summed E-state index contributed by atoms with van der Waals surface area (Å²) in [7, 11) is 0. The summed E-state index contributed by atoms with van der Waals surface area (Å²) in [6.45, 7) is 0.502. The molecule has 2 rings (SSSR count). The van der Waals surface area contributed by atoms with Crippen molar-refractivity contribution in [3.63, 3.8) is 0 Å². The molecule has 1 heterocycles. The molecule has 0 unspecified atom stereocenters. The van der Waals surface area contributed by atoms with Gasteiger partial charge in [-0.3, -0.25) is 0 Å². The highest BCUT2D eigenvalue weighted by molar-refractivity contribution is 9.10. The Morgan fingerprint density at radius 3 is 2.71 bits per heavy atom. The topological polar surface area (TPSA) is 62.5 Å². The number of carboxylic acids is 1. The van der Waals surface area contributed by atoms with E-state index in [0.717, 1.165) is 5.56 Å². The third-order valence-electron chi connectivity index (χ3n) is 2.35. The summed E-state index contributed by atoms with van der Waals surface area (Å²) in [6.07, 6.45) is 1.55. The van der Waals surface area contributed by atoms with Crippen LogP contribution in [0.3, 0.4) is 0 Å². The summed E-state index contributed by atoms with van der Waals surface area (Å²) < 4.78 is 2.45. The van der Waals surface area contributed by atoms with Crippen LogP contribution in [0, 0.1) is 0 Å². The van der Waals surface area contributed by atoms with Crippen molar-refractivity contribution < 1.29 is 15.0 Å². The van der Waals surface area contributed by atoms with E-state index < -0.39 is 5.97 Å². The van der Waals surface area contributed by atoms with Gasteiger partial charge in [0.1, 0.15) is 5.75 Å². The van der Waals surface area contributed by atoms with Crippen LogP contribution in [0.2, 0.25) is 0 Å². The van der Waals surface area contributed by atoms with Crippen molar-refractivity contribution in [3.8, 4) is 5.75 Å². The standard InChI is InChI=1S/C12H10BrNO3/c13-11-5-9(12(16)17)7-14(11)6-8-2-1-3-10(15)4-8/h1-5,7,15H,6H2,(H,16,17). The Bertz CT molecular complexity index is 563. The summed E-state index contributed by atoms with van der Waals surface area (Å²) in [5, 5.41) is 18.2. The first kappa shape index (κ1) is 11.7. The quantitative estimate of drug-likeness (QED) is 0.915. The molecule has 0 bridgehead atoms. The average molecular weight is 296 g/mol. The molecule has 0 saturated carbocycles. The van der Waals surface area contributed by atoms with Gasteiger partial charge in [0.15, 0.2) is 0 Å². The maximum atomic E-state index is 10.8. The van der Waals surface area contributed by atoms with Gasteiger partial charge in [-0.2, -0.15) is 0 Å². The molecule has 0 aliphatic rings. The average Bonchev–Trinajstić information content (AvgIpc) is 2.61. The second-order valence-corrected chi connectivity index (χ2v) is 4.47. The van der Waals surface area contributed by atoms with Gasteiger partial charge in [-0.25, -0.2) is 4.79 Å². The molecular formula is C12H10BrNO3. The minimum Gasteiger partial charge on any atom is -0.508 e. The molecule has 0 amide bonds. The van der Waals surface area contributed by atoms with Crippen molar-refractivity contribution in [1.82, 2.24) is 4.57 Å². The third-order valence-corrected chi connectivity index (χ3v) is 3.04. The smallest absolute Gasteiger partial charge is 0.337 e. The van der Waals surface area contributed by atoms with Gasteiger partial charge in [0.25, 0.3) is 0 Å². The fourth-order valence-corrected chi connectivity index (χ4v) is 2.04. The number of rotatable bonds is 3. The van der Waals surface area contributed by atoms with Crippen molar-refractivity contribution in [1.29, 1.82) is 0 Å². The highest BCUT2D eigenvalue weighted by Crippen LogP contribution is 2.19. The van der Waals surface area contributed by atoms with E-state index in [2.05, 4.69) is 15.9 Å². The number of carboxylic acid groups (broad SMARTS) is 1. The van der Waals surface area contributed by atoms with E-state index in [1.54, 1.807) is 35.0 Å². The maximum Gasteiger partial charge on any atom is 0.337 e. The molecule has 1 aromatic carbocycles. The van der Waals surface area contributed by atoms with E-state index in [4.69, 9.17) is 5.11 Å². The zero-order chi connectivity index (χ0) is 12.4.